The van der Waals surface area contributed by atoms with Crippen LogP contribution in [-0.4, -0.2) is 4.98 Å². The number of nitrogens with one attached hydrogen (secondary N) is 1. The average molecular weight is 205 g/mol. The molecule has 0 bridgehead atoms. The highest BCUT2D eigenvalue weighted by Crippen LogP contribution is 2.14. The summed E-state index contributed by atoms with van der Waals surface area (Å²) in [6, 6.07) is 2.12. The molecule has 1 unspecified atom stereocenters. The summed E-state index contributed by atoms with van der Waals surface area (Å²) in [5, 5.41) is 2.58. The molecule has 1 N–H and O–H groups in total. The van der Waals surface area contributed by atoms with E-state index in [4.69, 9.17) is 0 Å². The Morgan fingerprint density at radius 1 is 1.33 bits per heavy atom. The van der Waals surface area contributed by atoms with E-state index >= 15 is 0 Å². The quantitative estimate of drug-likeness (QED) is 0.778. The molecule has 0 amide bonds. The van der Waals surface area contributed by atoms with E-state index in [1.165, 1.54) is 23.4 Å². The fourth-order valence-corrected chi connectivity index (χ4v) is 2.04. The summed E-state index contributed by atoms with van der Waals surface area (Å²) in [7, 11) is 0. The zero-order valence-electron chi connectivity index (χ0n) is 10.4. The van der Waals surface area contributed by atoms with Crippen molar-refractivity contribution in [2.24, 2.45) is 11.8 Å². The van der Waals surface area contributed by atoms with Gasteiger partial charge < -0.3 is 4.98 Å². The van der Waals surface area contributed by atoms with Crippen LogP contribution in [0.5, 0.6) is 0 Å². The zero-order valence-corrected chi connectivity index (χ0v) is 10.4. The van der Waals surface area contributed by atoms with Crippen molar-refractivity contribution in [2.75, 3.05) is 0 Å². The predicted molar refractivity (Wildman–Crippen MR) is 67.9 cm³/mol. The van der Waals surface area contributed by atoms with Crippen molar-refractivity contribution >= 4 is 12.2 Å². The maximum absolute atomic E-state index is 3.28. The topological polar surface area (TPSA) is 15.8 Å². The Kier molecular flexibility index (Phi) is 4.67. The predicted octanol–water partition coefficient (Wildman–Crippen LogP) is 2.67. The molecule has 0 saturated heterocycles. The molecule has 15 heavy (non-hydrogen) atoms. The number of aromatic nitrogens is 1. The molecule has 0 fully saturated rings. The van der Waals surface area contributed by atoms with Crippen LogP contribution in [0.2, 0.25) is 0 Å². The van der Waals surface area contributed by atoms with Gasteiger partial charge in [0.05, 0.1) is 0 Å². The van der Waals surface area contributed by atoms with Crippen LogP contribution in [0.15, 0.2) is 12.3 Å². The van der Waals surface area contributed by atoms with Gasteiger partial charge in [-0.05, 0) is 42.9 Å². The smallest absolute Gasteiger partial charge is 0.0410 e. The van der Waals surface area contributed by atoms with E-state index in [2.05, 4.69) is 50.9 Å². The Morgan fingerprint density at radius 2 is 2.07 bits per heavy atom. The van der Waals surface area contributed by atoms with Crippen LogP contribution in [-0.2, 0) is 0 Å². The Morgan fingerprint density at radius 3 is 2.67 bits per heavy atom. The lowest BCUT2D eigenvalue weighted by Crippen LogP contribution is -2.21. The molecule has 0 saturated carbocycles. The van der Waals surface area contributed by atoms with E-state index in [0.29, 0.717) is 0 Å². The van der Waals surface area contributed by atoms with Gasteiger partial charge in [-0.1, -0.05) is 32.9 Å². The molecule has 1 heteroatoms. The van der Waals surface area contributed by atoms with Crippen LogP contribution >= 0.6 is 0 Å². The minimum atomic E-state index is 0.776. The Balaban J connectivity index is 2.66. The summed E-state index contributed by atoms with van der Waals surface area (Å²) in [5.41, 5.74) is 0. The third kappa shape index (κ3) is 3.94. The molecular formula is C14H23N. The Labute approximate surface area is 92.9 Å². The summed E-state index contributed by atoms with van der Waals surface area (Å²) < 4.78 is 0. The van der Waals surface area contributed by atoms with Gasteiger partial charge in [0.1, 0.15) is 0 Å². The lowest BCUT2D eigenvalue weighted by Gasteiger charge is -2.10. The van der Waals surface area contributed by atoms with E-state index in [-0.39, 0.29) is 0 Å². The molecule has 1 aromatic rings. The molecule has 0 aliphatic heterocycles. The van der Waals surface area contributed by atoms with Crippen molar-refractivity contribution in [1.29, 1.82) is 0 Å². The molecule has 84 valence electrons. The van der Waals surface area contributed by atoms with Crippen LogP contribution in [0.1, 0.15) is 40.5 Å². The maximum Gasteiger partial charge on any atom is 0.0410 e. The SMILES string of the molecule is C/C=c1/cc[nH]/c1=C/CC(C)CC(C)C. The molecule has 0 aliphatic carbocycles. The van der Waals surface area contributed by atoms with Crippen molar-refractivity contribution in [3.8, 4) is 0 Å². The van der Waals surface area contributed by atoms with E-state index in [1.54, 1.807) is 0 Å². The first-order chi connectivity index (χ1) is 7.13. The van der Waals surface area contributed by atoms with Crippen LogP contribution < -0.4 is 10.6 Å². The van der Waals surface area contributed by atoms with Gasteiger partial charge in [0.2, 0.25) is 0 Å². The van der Waals surface area contributed by atoms with E-state index in [1.807, 2.05) is 6.20 Å². The van der Waals surface area contributed by atoms with Gasteiger partial charge in [-0.25, -0.2) is 0 Å². The molecule has 0 aromatic carbocycles. The fraction of sp³-hybridized carbons (Fsp3) is 0.571. The van der Waals surface area contributed by atoms with E-state index in [0.717, 1.165) is 11.8 Å². The van der Waals surface area contributed by atoms with Gasteiger partial charge in [-0.2, -0.15) is 0 Å². The highest BCUT2D eigenvalue weighted by Gasteiger charge is 2.02. The number of hydrogen-bond acceptors (Lipinski definition) is 0. The summed E-state index contributed by atoms with van der Waals surface area (Å²) in [5.74, 6) is 1.58. The minimum Gasteiger partial charge on any atom is -0.361 e. The molecule has 1 nitrogen and oxygen atoms in total. The van der Waals surface area contributed by atoms with Gasteiger partial charge in [0, 0.05) is 11.5 Å². The van der Waals surface area contributed by atoms with Gasteiger partial charge in [-0.15, -0.1) is 0 Å². The van der Waals surface area contributed by atoms with Crippen molar-refractivity contribution < 1.29 is 0 Å². The number of H-pyrrole nitrogens is 1. The molecule has 0 aliphatic rings. The molecule has 0 radical (unpaired) electrons. The fourth-order valence-electron chi connectivity index (χ4n) is 2.04. The molecule has 1 heterocycles. The first-order valence-corrected chi connectivity index (χ1v) is 5.93. The van der Waals surface area contributed by atoms with Gasteiger partial charge in [0.15, 0.2) is 0 Å². The summed E-state index contributed by atoms with van der Waals surface area (Å²) >= 11 is 0. The number of hydrogen-bond donors (Lipinski definition) is 1. The second kappa shape index (κ2) is 5.79. The molecule has 1 atom stereocenters. The standard InChI is InChI=1S/C14H23N/c1-5-13-8-9-15-14(13)7-6-12(4)10-11(2)3/h5,7-9,11-12,15H,6,10H2,1-4H3/b13-5-,14-7+. The van der Waals surface area contributed by atoms with E-state index in [9.17, 15) is 0 Å². The van der Waals surface area contributed by atoms with Crippen molar-refractivity contribution in [3.63, 3.8) is 0 Å². The second-order valence-electron chi connectivity index (χ2n) is 4.81. The van der Waals surface area contributed by atoms with Crippen molar-refractivity contribution in [1.82, 2.24) is 4.98 Å². The minimum absolute atomic E-state index is 0.776. The highest BCUT2D eigenvalue weighted by atomic mass is 14.6. The van der Waals surface area contributed by atoms with Crippen LogP contribution in [0.3, 0.4) is 0 Å². The third-order valence-corrected chi connectivity index (χ3v) is 2.72. The third-order valence-electron chi connectivity index (χ3n) is 2.72. The Bertz CT molecular complexity index is 384. The monoisotopic (exact) mass is 205 g/mol. The summed E-state index contributed by atoms with van der Waals surface area (Å²) in [6.07, 6.45) is 8.95. The second-order valence-corrected chi connectivity index (χ2v) is 4.81. The first-order valence-electron chi connectivity index (χ1n) is 5.93. The van der Waals surface area contributed by atoms with Crippen molar-refractivity contribution in [2.45, 2.75) is 40.5 Å². The lowest BCUT2D eigenvalue weighted by molar-refractivity contribution is 0.449. The first kappa shape index (κ1) is 12.1. The van der Waals surface area contributed by atoms with Gasteiger partial charge >= 0.3 is 0 Å². The normalized spacial score (nSPS) is 16.3. The summed E-state index contributed by atoms with van der Waals surface area (Å²) in [4.78, 5) is 3.28. The van der Waals surface area contributed by atoms with Crippen molar-refractivity contribution in [3.05, 3.63) is 22.8 Å². The number of rotatable bonds is 4. The maximum atomic E-state index is 3.28. The lowest BCUT2D eigenvalue weighted by atomic mass is 9.96. The molecule has 1 aromatic heterocycles. The van der Waals surface area contributed by atoms with Crippen LogP contribution in [0.25, 0.3) is 12.2 Å². The highest BCUT2D eigenvalue weighted by molar-refractivity contribution is 5.27. The zero-order chi connectivity index (χ0) is 11.3. The largest absolute Gasteiger partial charge is 0.361 e. The van der Waals surface area contributed by atoms with Crippen LogP contribution in [0, 0.1) is 11.8 Å². The molecular weight excluding hydrogens is 182 g/mol. The van der Waals surface area contributed by atoms with Gasteiger partial charge in [0.25, 0.3) is 0 Å². The van der Waals surface area contributed by atoms with Crippen LogP contribution in [0.4, 0.5) is 0 Å². The molecule has 0 spiro atoms. The number of aromatic amines is 1. The Hall–Kier alpha value is -0.980. The van der Waals surface area contributed by atoms with E-state index < -0.39 is 0 Å². The van der Waals surface area contributed by atoms with Gasteiger partial charge in [-0.3, -0.25) is 0 Å². The average Bonchev–Trinajstić information content (AvgIpc) is 2.60. The molecule has 1 rings (SSSR count). The summed E-state index contributed by atoms with van der Waals surface area (Å²) in [6.45, 7) is 8.99.